The van der Waals surface area contributed by atoms with Crippen molar-refractivity contribution < 1.29 is 32.6 Å². The summed E-state index contributed by atoms with van der Waals surface area (Å²) in [5, 5.41) is 2.71. The fourth-order valence-corrected chi connectivity index (χ4v) is 4.63. The van der Waals surface area contributed by atoms with Crippen LogP contribution in [0.25, 0.3) is 0 Å². The first kappa shape index (κ1) is 27.8. The van der Waals surface area contributed by atoms with Gasteiger partial charge in [-0.3, -0.25) is 19.3 Å². The predicted octanol–water partition coefficient (Wildman–Crippen LogP) is 3.29. The van der Waals surface area contributed by atoms with Crippen LogP contribution in [0.3, 0.4) is 0 Å². The molecule has 1 N–H and O–H groups in total. The number of likely N-dealkylation sites (N-methyl/N-ethyl adjacent to an activating group) is 1. The van der Waals surface area contributed by atoms with E-state index in [0.717, 1.165) is 12.1 Å². The summed E-state index contributed by atoms with van der Waals surface area (Å²) in [7, 11) is 3.18. The molecular formula is C30H28F2N4O5. The van der Waals surface area contributed by atoms with Gasteiger partial charge in [0.15, 0.2) is 23.1 Å². The summed E-state index contributed by atoms with van der Waals surface area (Å²) < 4.78 is 38.1. The van der Waals surface area contributed by atoms with Crippen molar-refractivity contribution in [2.24, 2.45) is 10.9 Å². The number of ether oxygens (including phenoxy) is 2. The Morgan fingerprint density at radius 3 is 2.56 bits per heavy atom. The van der Waals surface area contributed by atoms with E-state index < -0.39 is 35.5 Å². The average molecular weight is 563 g/mol. The lowest BCUT2D eigenvalue weighted by Crippen LogP contribution is -2.51. The molecule has 0 unspecified atom stereocenters. The average Bonchev–Trinajstić information content (AvgIpc) is 3.39. The fourth-order valence-electron chi connectivity index (χ4n) is 4.63. The van der Waals surface area contributed by atoms with Crippen LogP contribution >= 0.6 is 0 Å². The molecule has 0 bridgehead atoms. The monoisotopic (exact) mass is 562 g/mol. The molecule has 11 heteroatoms. The number of halogens is 2. The Balaban J connectivity index is 1.52. The third-order valence-electron chi connectivity index (χ3n) is 6.90. The van der Waals surface area contributed by atoms with Gasteiger partial charge in [0.25, 0.3) is 5.91 Å². The molecule has 0 fully saturated rings. The molecule has 3 aromatic carbocycles. The smallest absolute Gasteiger partial charge is 0.272 e. The maximum absolute atomic E-state index is 13.9. The summed E-state index contributed by atoms with van der Waals surface area (Å²) in [6, 6.07) is 15.7. The number of carbonyl (C=O) groups excluding carboxylic acids is 3. The van der Waals surface area contributed by atoms with Crippen LogP contribution in [0.5, 0.6) is 11.5 Å². The summed E-state index contributed by atoms with van der Waals surface area (Å²) in [5.41, 5.74) is 2.48. The fraction of sp³-hybridized carbons (Fsp3) is 0.267. The number of para-hydroxylation sites is 1. The van der Waals surface area contributed by atoms with E-state index in [0.29, 0.717) is 39.6 Å². The topological polar surface area (TPSA) is 101 Å². The summed E-state index contributed by atoms with van der Waals surface area (Å²) in [5.74, 6) is -3.06. The van der Waals surface area contributed by atoms with Crippen molar-refractivity contribution in [2.45, 2.75) is 19.5 Å². The summed E-state index contributed by atoms with van der Waals surface area (Å²) >= 11 is 0. The largest absolute Gasteiger partial charge is 0.454 e. The van der Waals surface area contributed by atoms with Crippen molar-refractivity contribution in [1.82, 2.24) is 10.2 Å². The zero-order valence-electron chi connectivity index (χ0n) is 22.7. The lowest BCUT2D eigenvalue weighted by atomic mass is 9.99. The number of rotatable bonds is 7. The molecule has 0 saturated carbocycles. The second-order valence-electron chi connectivity index (χ2n) is 10.0. The molecule has 212 valence electrons. The zero-order chi connectivity index (χ0) is 29.3. The molecule has 2 aliphatic rings. The first-order valence-electron chi connectivity index (χ1n) is 13.0. The van der Waals surface area contributed by atoms with Gasteiger partial charge in [-0.25, -0.2) is 13.8 Å². The predicted molar refractivity (Wildman–Crippen MR) is 147 cm³/mol. The third-order valence-corrected chi connectivity index (χ3v) is 6.90. The van der Waals surface area contributed by atoms with Crippen LogP contribution in [0.2, 0.25) is 0 Å². The highest BCUT2D eigenvalue weighted by molar-refractivity contribution is 6.21. The number of amides is 3. The van der Waals surface area contributed by atoms with E-state index in [9.17, 15) is 23.2 Å². The highest BCUT2D eigenvalue weighted by atomic mass is 19.2. The summed E-state index contributed by atoms with van der Waals surface area (Å²) in [4.78, 5) is 47.4. The van der Waals surface area contributed by atoms with Gasteiger partial charge < -0.3 is 19.7 Å². The molecule has 0 saturated heterocycles. The molecule has 0 spiro atoms. The Bertz CT molecular complexity index is 1560. The minimum absolute atomic E-state index is 0.0787. The van der Waals surface area contributed by atoms with E-state index in [1.54, 1.807) is 63.5 Å². The molecule has 41 heavy (non-hydrogen) atoms. The molecule has 3 amide bonds. The number of hydrogen-bond donors (Lipinski definition) is 1. The van der Waals surface area contributed by atoms with Crippen molar-refractivity contribution in [3.8, 4) is 11.5 Å². The molecule has 0 aliphatic carbocycles. The molecule has 2 aliphatic heterocycles. The second-order valence-corrected chi connectivity index (χ2v) is 10.0. The van der Waals surface area contributed by atoms with E-state index >= 15 is 0 Å². The van der Waals surface area contributed by atoms with Gasteiger partial charge in [-0.2, -0.15) is 0 Å². The maximum Gasteiger partial charge on any atom is 0.272 e. The van der Waals surface area contributed by atoms with E-state index in [1.807, 2.05) is 0 Å². The Morgan fingerprint density at radius 1 is 1.05 bits per heavy atom. The van der Waals surface area contributed by atoms with Gasteiger partial charge in [-0.1, -0.05) is 31.2 Å². The quantitative estimate of drug-likeness (QED) is 0.477. The lowest BCUT2D eigenvalue weighted by molar-refractivity contribution is -0.131. The van der Waals surface area contributed by atoms with E-state index in [-0.39, 0.29) is 25.7 Å². The van der Waals surface area contributed by atoms with Crippen LogP contribution < -0.4 is 19.7 Å². The highest BCUT2D eigenvalue weighted by Gasteiger charge is 2.35. The Labute approximate surface area is 235 Å². The molecule has 3 aromatic rings. The van der Waals surface area contributed by atoms with Crippen molar-refractivity contribution in [1.29, 1.82) is 0 Å². The van der Waals surface area contributed by atoms with Gasteiger partial charge in [-0.15, -0.1) is 0 Å². The van der Waals surface area contributed by atoms with Crippen LogP contribution in [0.15, 0.2) is 65.7 Å². The van der Waals surface area contributed by atoms with Crippen molar-refractivity contribution in [3.63, 3.8) is 0 Å². The molecule has 5 rings (SSSR count). The van der Waals surface area contributed by atoms with Gasteiger partial charge in [0.1, 0.15) is 6.54 Å². The number of carbonyl (C=O) groups is 3. The molecular weight excluding hydrogens is 534 g/mol. The molecule has 9 nitrogen and oxygen atoms in total. The number of nitrogens with one attached hydrogen (secondary N) is 1. The number of aliphatic imine (C=N–C) groups is 1. The summed E-state index contributed by atoms with van der Waals surface area (Å²) in [6.45, 7) is 1.42. The Morgan fingerprint density at radius 2 is 1.80 bits per heavy atom. The first-order valence-corrected chi connectivity index (χ1v) is 13.0. The number of benzene rings is 3. The van der Waals surface area contributed by atoms with Gasteiger partial charge in [0.05, 0.1) is 11.4 Å². The number of anilines is 1. The highest BCUT2D eigenvalue weighted by Crippen LogP contribution is 2.35. The molecule has 2 heterocycles. The molecule has 2 atom stereocenters. The lowest BCUT2D eigenvalue weighted by Gasteiger charge is -2.26. The number of nitrogens with zero attached hydrogens (tertiary/aromatic N) is 3. The SMILES string of the molecule is C[C@@H](Cc1ccc(F)c(F)c1)C(=O)N[C@H]1N=C(c2ccc3c(c2)OCO3)c2ccccc2N(CC(=O)N(C)C)C1=O. The maximum atomic E-state index is 13.9. The second kappa shape index (κ2) is 11.4. The third kappa shape index (κ3) is 5.74. The Hall–Kier alpha value is -4.80. The molecule has 0 aromatic heterocycles. The number of fused-ring (bicyclic) bond motifs is 2. The van der Waals surface area contributed by atoms with Gasteiger partial charge in [0, 0.05) is 31.1 Å². The van der Waals surface area contributed by atoms with Crippen molar-refractivity contribution in [2.75, 3.05) is 32.3 Å². The normalized spacial score (nSPS) is 16.4. The van der Waals surface area contributed by atoms with Crippen LogP contribution in [0, 0.1) is 17.6 Å². The van der Waals surface area contributed by atoms with Crippen LogP contribution in [0.1, 0.15) is 23.6 Å². The van der Waals surface area contributed by atoms with E-state index in [1.165, 1.54) is 15.9 Å². The van der Waals surface area contributed by atoms with E-state index in [4.69, 9.17) is 14.5 Å². The van der Waals surface area contributed by atoms with Crippen LogP contribution in [0.4, 0.5) is 14.5 Å². The first-order chi connectivity index (χ1) is 19.6. The standard InChI is InChI=1S/C30H28F2N4O5/c1-17(12-18-8-10-21(31)22(32)13-18)29(38)34-28-30(39)36(15-26(37)35(2)3)23-7-5-4-6-20(23)27(33-28)19-9-11-24-25(14-19)41-16-40-24/h4-11,13-14,17,28H,12,15-16H2,1-3H3,(H,34,38)/t17-,28+/m0/s1. The van der Waals surface area contributed by atoms with E-state index in [2.05, 4.69) is 5.32 Å². The minimum atomic E-state index is -1.38. The van der Waals surface area contributed by atoms with Gasteiger partial charge in [0.2, 0.25) is 24.8 Å². The number of benzodiazepines with no additional fused rings is 1. The van der Waals surface area contributed by atoms with Gasteiger partial charge in [-0.05, 0) is 48.4 Å². The van der Waals surface area contributed by atoms with Crippen LogP contribution in [-0.4, -0.2) is 61.9 Å². The zero-order valence-corrected chi connectivity index (χ0v) is 22.7. The number of hydrogen-bond acceptors (Lipinski definition) is 6. The molecule has 0 radical (unpaired) electrons. The van der Waals surface area contributed by atoms with Crippen LogP contribution in [-0.2, 0) is 20.8 Å². The summed E-state index contributed by atoms with van der Waals surface area (Å²) in [6.07, 6.45) is -1.27. The Kier molecular flexibility index (Phi) is 7.69. The van der Waals surface area contributed by atoms with Gasteiger partial charge >= 0.3 is 0 Å². The van der Waals surface area contributed by atoms with Crippen molar-refractivity contribution in [3.05, 3.63) is 89.0 Å². The minimum Gasteiger partial charge on any atom is -0.454 e. The van der Waals surface area contributed by atoms with Crippen molar-refractivity contribution >= 4 is 29.1 Å².